The number of pyridine rings is 1. The first-order chi connectivity index (χ1) is 13.5. The van der Waals surface area contributed by atoms with E-state index >= 15 is 0 Å². The van der Waals surface area contributed by atoms with Crippen molar-refractivity contribution in [1.82, 2.24) is 39.5 Å². The Hall–Kier alpha value is -3.36. The van der Waals surface area contributed by atoms with Crippen LogP contribution in [-0.4, -0.2) is 39.5 Å². The van der Waals surface area contributed by atoms with Crippen molar-refractivity contribution in [2.75, 3.05) is 5.32 Å². The number of fused-ring (bicyclic) bond motifs is 1. The molecule has 4 aromatic rings. The van der Waals surface area contributed by atoms with Crippen LogP contribution in [0.3, 0.4) is 0 Å². The molecule has 1 atom stereocenters. The van der Waals surface area contributed by atoms with E-state index in [1.807, 2.05) is 26.2 Å². The van der Waals surface area contributed by atoms with Gasteiger partial charge >= 0.3 is 0 Å². The highest BCUT2D eigenvalue weighted by atomic mass is 15.3. The molecule has 0 saturated carbocycles. The minimum Gasteiger partial charge on any atom is -0.359 e. The molecule has 144 valence electrons. The molecule has 0 unspecified atom stereocenters. The summed E-state index contributed by atoms with van der Waals surface area (Å²) in [7, 11) is 3.78. The van der Waals surface area contributed by atoms with E-state index in [9.17, 15) is 0 Å². The summed E-state index contributed by atoms with van der Waals surface area (Å²) in [5, 5.41) is 13.0. The average molecular weight is 377 g/mol. The standard InChI is InChI=1S/C19H23N9/c1-12(2)9-15(19-21-11-23-28(19)4)24-17-14-10-22-27(3)18(14)26-16(25-17)13-5-7-20-8-6-13/h5-8,10-12,15H,9H2,1-4H3,(H,24,25,26)/t15-/m0/s1. The molecule has 0 fully saturated rings. The largest absolute Gasteiger partial charge is 0.359 e. The Morgan fingerprint density at radius 1 is 1.04 bits per heavy atom. The summed E-state index contributed by atoms with van der Waals surface area (Å²) in [5.41, 5.74) is 1.67. The van der Waals surface area contributed by atoms with Crippen LogP contribution in [0.5, 0.6) is 0 Å². The van der Waals surface area contributed by atoms with Gasteiger partial charge in [0.05, 0.1) is 17.6 Å². The van der Waals surface area contributed by atoms with Gasteiger partial charge in [-0.2, -0.15) is 10.2 Å². The first-order valence-corrected chi connectivity index (χ1v) is 9.23. The summed E-state index contributed by atoms with van der Waals surface area (Å²) < 4.78 is 3.55. The molecule has 4 aromatic heterocycles. The fourth-order valence-corrected chi connectivity index (χ4v) is 3.25. The van der Waals surface area contributed by atoms with Crippen molar-refractivity contribution in [2.24, 2.45) is 20.0 Å². The quantitative estimate of drug-likeness (QED) is 0.551. The molecule has 9 nitrogen and oxygen atoms in total. The second kappa shape index (κ2) is 7.34. The third kappa shape index (κ3) is 3.42. The summed E-state index contributed by atoms with van der Waals surface area (Å²) >= 11 is 0. The first kappa shape index (κ1) is 18.0. The highest BCUT2D eigenvalue weighted by Gasteiger charge is 2.21. The first-order valence-electron chi connectivity index (χ1n) is 9.23. The van der Waals surface area contributed by atoms with Gasteiger partial charge in [-0.05, 0) is 24.5 Å². The summed E-state index contributed by atoms with van der Waals surface area (Å²) in [4.78, 5) is 18.0. The number of nitrogens with one attached hydrogen (secondary N) is 1. The van der Waals surface area contributed by atoms with E-state index in [-0.39, 0.29) is 6.04 Å². The zero-order valence-electron chi connectivity index (χ0n) is 16.4. The zero-order valence-corrected chi connectivity index (χ0v) is 16.4. The van der Waals surface area contributed by atoms with Crippen LogP contribution in [-0.2, 0) is 14.1 Å². The second-order valence-electron chi connectivity index (χ2n) is 7.21. The van der Waals surface area contributed by atoms with Crippen molar-refractivity contribution < 1.29 is 0 Å². The summed E-state index contributed by atoms with van der Waals surface area (Å²) in [6, 6.07) is 3.77. The van der Waals surface area contributed by atoms with Gasteiger partial charge in [-0.15, -0.1) is 0 Å². The Morgan fingerprint density at radius 3 is 2.50 bits per heavy atom. The van der Waals surface area contributed by atoms with E-state index < -0.39 is 0 Å². The van der Waals surface area contributed by atoms with Gasteiger partial charge in [-0.1, -0.05) is 13.8 Å². The molecular weight excluding hydrogens is 354 g/mol. The molecule has 0 aliphatic heterocycles. The van der Waals surface area contributed by atoms with Crippen molar-refractivity contribution in [3.05, 3.63) is 42.9 Å². The molecule has 0 saturated heterocycles. The highest BCUT2D eigenvalue weighted by Crippen LogP contribution is 2.29. The molecule has 0 aliphatic rings. The van der Waals surface area contributed by atoms with Gasteiger partial charge in [-0.25, -0.2) is 15.0 Å². The molecule has 0 amide bonds. The molecule has 0 aliphatic carbocycles. The fourth-order valence-electron chi connectivity index (χ4n) is 3.25. The Bertz CT molecular complexity index is 1080. The smallest absolute Gasteiger partial charge is 0.164 e. The summed E-state index contributed by atoms with van der Waals surface area (Å²) in [6.07, 6.45) is 7.73. The molecule has 4 rings (SSSR count). The molecule has 1 N–H and O–H groups in total. The minimum absolute atomic E-state index is 0.0314. The Balaban J connectivity index is 1.81. The molecule has 0 radical (unpaired) electrons. The minimum atomic E-state index is -0.0314. The maximum Gasteiger partial charge on any atom is 0.164 e. The normalized spacial score (nSPS) is 12.6. The average Bonchev–Trinajstić information content (AvgIpc) is 3.27. The molecule has 0 bridgehead atoms. The van der Waals surface area contributed by atoms with Crippen LogP contribution in [0, 0.1) is 5.92 Å². The lowest BCUT2D eigenvalue weighted by molar-refractivity contribution is 0.498. The number of rotatable bonds is 6. The van der Waals surface area contributed by atoms with Crippen molar-refractivity contribution >= 4 is 16.9 Å². The molecule has 28 heavy (non-hydrogen) atoms. The van der Waals surface area contributed by atoms with Gasteiger partial charge in [0.1, 0.15) is 18.0 Å². The number of aromatic nitrogens is 8. The second-order valence-corrected chi connectivity index (χ2v) is 7.21. The monoisotopic (exact) mass is 377 g/mol. The van der Waals surface area contributed by atoms with Gasteiger partial charge in [-0.3, -0.25) is 14.3 Å². The number of hydrogen-bond acceptors (Lipinski definition) is 7. The number of anilines is 1. The van der Waals surface area contributed by atoms with Crippen molar-refractivity contribution in [3.8, 4) is 11.4 Å². The van der Waals surface area contributed by atoms with Crippen LogP contribution >= 0.6 is 0 Å². The number of aryl methyl sites for hydroxylation is 2. The lowest BCUT2D eigenvalue weighted by atomic mass is 10.0. The zero-order chi connectivity index (χ0) is 19.7. The van der Waals surface area contributed by atoms with Crippen LogP contribution in [0.25, 0.3) is 22.4 Å². The Kier molecular flexibility index (Phi) is 4.72. The van der Waals surface area contributed by atoms with Gasteiger partial charge in [0.2, 0.25) is 0 Å². The van der Waals surface area contributed by atoms with E-state index in [2.05, 4.69) is 39.3 Å². The number of hydrogen-bond donors (Lipinski definition) is 1. The van der Waals surface area contributed by atoms with Gasteiger partial charge in [0.25, 0.3) is 0 Å². The van der Waals surface area contributed by atoms with Gasteiger partial charge < -0.3 is 5.32 Å². The third-order valence-electron chi connectivity index (χ3n) is 4.61. The van der Waals surface area contributed by atoms with Crippen LogP contribution in [0.15, 0.2) is 37.1 Å². The number of nitrogens with zero attached hydrogens (tertiary/aromatic N) is 8. The van der Waals surface area contributed by atoms with E-state index in [0.717, 1.165) is 34.7 Å². The van der Waals surface area contributed by atoms with Crippen molar-refractivity contribution in [3.63, 3.8) is 0 Å². The van der Waals surface area contributed by atoms with Gasteiger partial charge in [0, 0.05) is 32.1 Å². The molecule has 9 heteroatoms. The summed E-state index contributed by atoms with van der Waals surface area (Å²) in [5.74, 6) is 2.70. The highest BCUT2D eigenvalue weighted by molar-refractivity contribution is 5.88. The maximum atomic E-state index is 4.81. The SMILES string of the molecule is CC(C)C[C@H](Nc1nc(-c2ccncc2)nc2c1cnn2C)c1ncnn1C. The van der Waals surface area contributed by atoms with Crippen LogP contribution in [0.4, 0.5) is 5.82 Å². The lowest BCUT2D eigenvalue weighted by Crippen LogP contribution is -2.19. The van der Waals surface area contributed by atoms with E-state index in [0.29, 0.717) is 11.7 Å². The predicted octanol–water partition coefficient (Wildman–Crippen LogP) is 2.75. The summed E-state index contributed by atoms with van der Waals surface area (Å²) in [6.45, 7) is 4.38. The van der Waals surface area contributed by atoms with E-state index in [4.69, 9.17) is 9.97 Å². The molecule has 0 spiro atoms. The molecule has 4 heterocycles. The van der Waals surface area contributed by atoms with E-state index in [1.54, 1.807) is 34.3 Å². The maximum absolute atomic E-state index is 4.81. The molecule has 0 aromatic carbocycles. The topological polar surface area (TPSA) is 99.2 Å². The fraction of sp³-hybridized carbons (Fsp3) is 0.368. The van der Waals surface area contributed by atoms with E-state index in [1.165, 1.54) is 0 Å². The lowest BCUT2D eigenvalue weighted by Gasteiger charge is -2.21. The van der Waals surface area contributed by atoms with Gasteiger partial charge in [0.15, 0.2) is 11.5 Å². The van der Waals surface area contributed by atoms with Crippen molar-refractivity contribution in [2.45, 2.75) is 26.3 Å². The molecular formula is C19H23N9. The predicted molar refractivity (Wildman–Crippen MR) is 106 cm³/mol. The van der Waals surface area contributed by atoms with Crippen molar-refractivity contribution in [1.29, 1.82) is 0 Å². The Morgan fingerprint density at radius 2 is 1.82 bits per heavy atom. The van der Waals surface area contributed by atoms with Crippen LogP contribution < -0.4 is 5.32 Å². The Labute approximate surface area is 162 Å². The van der Waals surface area contributed by atoms with Crippen LogP contribution in [0.2, 0.25) is 0 Å². The van der Waals surface area contributed by atoms with Crippen LogP contribution in [0.1, 0.15) is 32.1 Å². The third-order valence-corrected chi connectivity index (χ3v) is 4.61.